The minimum atomic E-state index is -4.46. The Bertz CT molecular complexity index is 920. The zero-order valence-electron chi connectivity index (χ0n) is 14.3. The maximum absolute atomic E-state index is 13.0. The smallest absolute Gasteiger partial charge is 0.378 e. The largest absolute Gasteiger partial charge is 0.418 e. The zero-order valence-corrected chi connectivity index (χ0v) is 15.1. The van der Waals surface area contributed by atoms with Crippen LogP contribution in [0.4, 0.5) is 18.9 Å². The van der Waals surface area contributed by atoms with E-state index in [9.17, 15) is 13.2 Å². The van der Waals surface area contributed by atoms with E-state index < -0.39 is 11.7 Å². The minimum Gasteiger partial charge on any atom is -0.378 e. The summed E-state index contributed by atoms with van der Waals surface area (Å²) < 4.78 is 39.0. The number of para-hydroxylation sites is 1. The SMILES string of the molecule is NC(=Nc1ccccc1C(F)(F)F)SCc1ccc(-c2ccccc2)cc1. The van der Waals surface area contributed by atoms with E-state index >= 15 is 0 Å². The van der Waals surface area contributed by atoms with Gasteiger partial charge in [0.15, 0.2) is 5.17 Å². The van der Waals surface area contributed by atoms with Crippen LogP contribution in [0.5, 0.6) is 0 Å². The summed E-state index contributed by atoms with van der Waals surface area (Å²) in [4.78, 5) is 3.94. The molecule has 0 aliphatic carbocycles. The number of hydrogen-bond acceptors (Lipinski definition) is 2. The molecule has 0 bridgehead atoms. The highest BCUT2D eigenvalue weighted by molar-refractivity contribution is 8.13. The Morgan fingerprint density at radius 1 is 0.815 bits per heavy atom. The molecule has 0 heterocycles. The molecule has 0 aliphatic heterocycles. The number of halogens is 3. The summed E-state index contributed by atoms with van der Waals surface area (Å²) in [5, 5.41) is 0.0961. The highest BCUT2D eigenvalue weighted by Crippen LogP contribution is 2.36. The lowest BCUT2D eigenvalue weighted by atomic mass is 10.0. The van der Waals surface area contributed by atoms with Gasteiger partial charge in [-0.3, -0.25) is 0 Å². The van der Waals surface area contributed by atoms with Crippen molar-refractivity contribution in [1.82, 2.24) is 0 Å². The van der Waals surface area contributed by atoms with E-state index in [1.165, 1.54) is 30.0 Å². The zero-order chi connectivity index (χ0) is 19.3. The molecule has 0 amide bonds. The Kier molecular flexibility index (Phi) is 5.86. The van der Waals surface area contributed by atoms with E-state index in [1.54, 1.807) is 0 Å². The van der Waals surface area contributed by atoms with Gasteiger partial charge in [-0.25, -0.2) is 4.99 Å². The van der Waals surface area contributed by atoms with Gasteiger partial charge in [-0.1, -0.05) is 78.5 Å². The first-order valence-electron chi connectivity index (χ1n) is 8.21. The number of nitrogens with zero attached hydrogens (tertiary/aromatic N) is 1. The van der Waals surface area contributed by atoms with E-state index in [4.69, 9.17) is 5.73 Å². The topological polar surface area (TPSA) is 38.4 Å². The summed E-state index contributed by atoms with van der Waals surface area (Å²) in [6.45, 7) is 0. The van der Waals surface area contributed by atoms with Crippen molar-refractivity contribution in [2.45, 2.75) is 11.9 Å². The van der Waals surface area contributed by atoms with Crippen molar-refractivity contribution in [3.8, 4) is 11.1 Å². The molecule has 0 saturated heterocycles. The van der Waals surface area contributed by atoms with Crippen LogP contribution in [-0.4, -0.2) is 5.17 Å². The van der Waals surface area contributed by atoms with Gasteiger partial charge in [0.1, 0.15) is 0 Å². The molecule has 3 rings (SSSR count). The molecule has 0 aromatic heterocycles. The maximum atomic E-state index is 13.0. The summed E-state index contributed by atoms with van der Waals surface area (Å²) in [5.41, 5.74) is 8.11. The molecule has 0 unspecified atom stereocenters. The second-order valence-corrected chi connectivity index (χ2v) is 6.81. The van der Waals surface area contributed by atoms with Crippen molar-refractivity contribution in [1.29, 1.82) is 0 Å². The Morgan fingerprint density at radius 2 is 1.41 bits per heavy atom. The molecule has 0 atom stereocenters. The molecular weight excluding hydrogens is 369 g/mol. The Balaban J connectivity index is 1.68. The van der Waals surface area contributed by atoms with Crippen LogP contribution in [0.2, 0.25) is 0 Å². The second-order valence-electron chi connectivity index (χ2n) is 5.82. The number of alkyl halides is 3. The van der Waals surface area contributed by atoms with Crippen LogP contribution < -0.4 is 5.73 Å². The van der Waals surface area contributed by atoms with Crippen molar-refractivity contribution >= 4 is 22.6 Å². The lowest BCUT2D eigenvalue weighted by Gasteiger charge is -2.10. The van der Waals surface area contributed by atoms with Crippen LogP contribution in [0.15, 0.2) is 83.9 Å². The summed E-state index contributed by atoms with van der Waals surface area (Å²) in [6.07, 6.45) is -4.46. The monoisotopic (exact) mass is 386 g/mol. The first kappa shape index (κ1) is 19.0. The second kappa shape index (κ2) is 8.31. The van der Waals surface area contributed by atoms with E-state index in [0.717, 1.165) is 22.8 Å². The Hall–Kier alpha value is -2.73. The summed E-state index contributed by atoms with van der Waals surface area (Å²) in [5.74, 6) is 0.526. The van der Waals surface area contributed by atoms with E-state index in [0.29, 0.717) is 5.75 Å². The van der Waals surface area contributed by atoms with Crippen molar-refractivity contribution < 1.29 is 13.2 Å². The predicted octanol–water partition coefficient (Wildman–Crippen LogP) is 6.25. The molecule has 27 heavy (non-hydrogen) atoms. The summed E-state index contributed by atoms with van der Waals surface area (Å²) in [6, 6.07) is 23.1. The molecule has 0 saturated carbocycles. The number of rotatable bonds is 4. The maximum Gasteiger partial charge on any atom is 0.418 e. The fourth-order valence-corrected chi connectivity index (χ4v) is 3.21. The Labute approximate surface area is 159 Å². The van der Waals surface area contributed by atoms with Crippen molar-refractivity contribution in [3.63, 3.8) is 0 Å². The molecule has 0 fully saturated rings. The average Bonchev–Trinajstić information content (AvgIpc) is 2.67. The van der Waals surface area contributed by atoms with Crippen LogP contribution in [-0.2, 0) is 11.9 Å². The molecule has 0 radical (unpaired) electrons. The molecule has 6 heteroatoms. The van der Waals surface area contributed by atoms with Crippen LogP contribution in [0.1, 0.15) is 11.1 Å². The molecule has 2 nitrogen and oxygen atoms in total. The van der Waals surface area contributed by atoms with Gasteiger partial charge in [-0.05, 0) is 28.8 Å². The predicted molar refractivity (Wildman–Crippen MR) is 106 cm³/mol. The van der Waals surface area contributed by atoms with Gasteiger partial charge >= 0.3 is 6.18 Å². The number of nitrogens with two attached hydrogens (primary N) is 1. The molecule has 0 aliphatic rings. The van der Waals surface area contributed by atoms with Gasteiger partial charge in [0, 0.05) is 5.75 Å². The molecule has 138 valence electrons. The van der Waals surface area contributed by atoms with E-state index in [1.807, 2.05) is 54.6 Å². The van der Waals surface area contributed by atoms with Gasteiger partial charge in [0.05, 0.1) is 11.3 Å². The molecule has 3 aromatic rings. The minimum absolute atomic E-state index is 0.0961. The summed E-state index contributed by atoms with van der Waals surface area (Å²) in [7, 11) is 0. The van der Waals surface area contributed by atoms with Crippen molar-refractivity contribution in [2.24, 2.45) is 10.7 Å². The van der Waals surface area contributed by atoms with E-state index in [-0.39, 0.29) is 10.9 Å². The van der Waals surface area contributed by atoms with Crippen molar-refractivity contribution in [3.05, 3.63) is 90.0 Å². The van der Waals surface area contributed by atoms with Gasteiger partial charge in [-0.15, -0.1) is 0 Å². The fraction of sp³-hybridized carbons (Fsp3) is 0.0952. The molecule has 2 N–H and O–H groups in total. The highest BCUT2D eigenvalue weighted by atomic mass is 32.2. The number of amidine groups is 1. The van der Waals surface area contributed by atoms with Crippen LogP contribution in [0.25, 0.3) is 11.1 Å². The number of hydrogen-bond donors (Lipinski definition) is 1. The van der Waals surface area contributed by atoms with Gasteiger partial charge in [0.2, 0.25) is 0 Å². The molecule has 3 aromatic carbocycles. The number of benzene rings is 3. The lowest BCUT2D eigenvalue weighted by Crippen LogP contribution is -2.09. The van der Waals surface area contributed by atoms with Gasteiger partial charge < -0.3 is 5.73 Å². The Morgan fingerprint density at radius 3 is 2.07 bits per heavy atom. The third-order valence-electron chi connectivity index (χ3n) is 3.89. The average molecular weight is 386 g/mol. The van der Waals surface area contributed by atoms with Gasteiger partial charge in [-0.2, -0.15) is 13.2 Å². The number of aliphatic imine (C=N–C) groups is 1. The third kappa shape index (κ3) is 5.14. The standard InChI is InChI=1S/C21H17F3N2S/c22-21(23,24)18-8-4-5-9-19(18)26-20(25)27-14-15-10-12-17(13-11-15)16-6-2-1-3-7-16/h1-13H,14H2,(H2,25,26). The van der Waals surface area contributed by atoms with Crippen LogP contribution in [0, 0.1) is 0 Å². The first-order valence-corrected chi connectivity index (χ1v) is 9.19. The molecule has 0 spiro atoms. The number of thioether (sulfide) groups is 1. The molecular formula is C21H17F3N2S. The van der Waals surface area contributed by atoms with Crippen LogP contribution in [0.3, 0.4) is 0 Å². The lowest BCUT2D eigenvalue weighted by molar-refractivity contribution is -0.137. The first-order chi connectivity index (χ1) is 12.9. The van der Waals surface area contributed by atoms with Gasteiger partial charge in [0.25, 0.3) is 0 Å². The normalized spacial score (nSPS) is 12.2. The van der Waals surface area contributed by atoms with Crippen LogP contribution >= 0.6 is 11.8 Å². The van der Waals surface area contributed by atoms with E-state index in [2.05, 4.69) is 4.99 Å². The summed E-state index contributed by atoms with van der Waals surface area (Å²) >= 11 is 1.21. The quantitative estimate of drug-likeness (QED) is 0.425. The van der Waals surface area contributed by atoms with Crippen molar-refractivity contribution in [2.75, 3.05) is 0 Å². The fourth-order valence-electron chi connectivity index (χ4n) is 2.54. The highest BCUT2D eigenvalue weighted by Gasteiger charge is 2.33. The third-order valence-corrected chi connectivity index (χ3v) is 4.75.